The number of sulfone groups is 1. The van der Waals surface area contributed by atoms with E-state index in [4.69, 9.17) is 14.5 Å². The van der Waals surface area contributed by atoms with Crippen LogP contribution in [0.15, 0.2) is 42.7 Å². The third-order valence-electron chi connectivity index (χ3n) is 4.83. The van der Waals surface area contributed by atoms with Gasteiger partial charge in [0.15, 0.2) is 15.7 Å². The molecule has 1 fully saturated rings. The Kier molecular flexibility index (Phi) is 6.59. The summed E-state index contributed by atoms with van der Waals surface area (Å²) in [6.45, 7) is 3.08. The second-order valence-corrected chi connectivity index (χ2v) is 9.62. The Hall–Kier alpha value is -2.82. The topological polar surface area (TPSA) is 115 Å². The summed E-state index contributed by atoms with van der Waals surface area (Å²) in [4.78, 5) is 13.6. The van der Waals surface area contributed by atoms with E-state index in [-0.39, 0.29) is 18.5 Å². The van der Waals surface area contributed by atoms with E-state index in [0.29, 0.717) is 30.2 Å². The molecule has 1 aromatic carbocycles. The van der Waals surface area contributed by atoms with Crippen LogP contribution in [-0.4, -0.2) is 74.3 Å². The second kappa shape index (κ2) is 9.54. The minimum atomic E-state index is -3.05. The number of anilines is 1. The summed E-state index contributed by atoms with van der Waals surface area (Å²) in [7, 11) is -3.05. The molecule has 1 aliphatic rings. The molecule has 9 nitrogen and oxygen atoms in total. The Morgan fingerprint density at radius 1 is 1.23 bits per heavy atom. The van der Waals surface area contributed by atoms with E-state index in [1.54, 1.807) is 24.5 Å². The molecule has 3 heterocycles. The summed E-state index contributed by atoms with van der Waals surface area (Å²) in [6.07, 6.45) is 4.56. The fraction of sp³-hybridized carbons (Fsp3) is 0.381. The lowest BCUT2D eigenvalue weighted by Gasteiger charge is -2.24. The number of nitrogens with one attached hydrogen (secondary N) is 2. The number of pyridine rings is 1. The average molecular weight is 444 g/mol. The van der Waals surface area contributed by atoms with Gasteiger partial charge >= 0.3 is 0 Å². The van der Waals surface area contributed by atoms with Gasteiger partial charge in [0.05, 0.1) is 29.7 Å². The standard InChI is InChI=1S/C21H25N5O4S/c1-31(27,28)11-10-30-16-4-2-15(3-5-16)18-12-19-20(24-7-6-23-19)21(26-18)25-14-17-13-22-8-9-29-17/h2-7,12,17,22H,8-11,13-14H2,1H3,(H,25,26). The maximum atomic E-state index is 11.2. The van der Waals surface area contributed by atoms with Crippen molar-refractivity contribution in [1.82, 2.24) is 20.3 Å². The number of rotatable bonds is 8. The summed E-state index contributed by atoms with van der Waals surface area (Å²) < 4.78 is 33.7. The largest absolute Gasteiger partial charge is 0.493 e. The van der Waals surface area contributed by atoms with Gasteiger partial charge in [0.25, 0.3) is 0 Å². The quantitative estimate of drug-likeness (QED) is 0.534. The predicted octanol–water partition coefficient (Wildman–Crippen LogP) is 1.52. The van der Waals surface area contributed by atoms with Crippen LogP contribution < -0.4 is 15.4 Å². The third kappa shape index (κ3) is 5.87. The number of ether oxygens (including phenoxy) is 2. The van der Waals surface area contributed by atoms with Crippen LogP contribution in [0.3, 0.4) is 0 Å². The van der Waals surface area contributed by atoms with Crippen LogP contribution in [-0.2, 0) is 14.6 Å². The summed E-state index contributed by atoms with van der Waals surface area (Å²) in [5.41, 5.74) is 3.09. The van der Waals surface area contributed by atoms with Crippen molar-refractivity contribution in [2.24, 2.45) is 0 Å². The van der Waals surface area contributed by atoms with Crippen molar-refractivity contribution in [3.05, 3.63) is 42.7 Å². The first-order valence-corrected chi connectivity index (χ1v) is 12.1. The summed E-state index contributed by atoms with van der Waals surface area (Å²) in [6, 6.07) is 9.27. The van der Waals surface area contributed by atoms with Crippen LogP contribution in [0.5, 0.6) is 5.75 Å². The number of hydrogen-bond acceptors (Lipinski definition) is 9. The number of fused-ring (bicyclic) bond motifs is 1. The molecular weight excluding hydrogens is 418 g/mol. The molecule has 10 heteroatoms. The molecule has 1 atom stereocenters. The van der Waals surface area contributed by atoms with Gasteiger partial charge in [-0.15, -0.1) is 0 Å². The van der Waals surface area contributed by atoms with E-state index < -0.39 is 9.84 Å². The van der Waals surface area contributed by atoms with E-state index in [9.17, 15) is 8.42 Å². The highest BCUT2D eigenvalue weighted by atomic mass is 32.2. The molecule has 0 spiro atoms. The van der Waals surface area contributed by atoms with E-state index in [1.165, 1.54) is 6.26 Å². The number of nitrogens with zero attached hydrogens (tertiary/aromatic N) is 3. The molecule has 164 valence electrons. The summed E-state index contributed by atoms with van der Waals surface area (Å²) in [5, 5.41) is 6.68. The lowest BCUT2D eigenvalue weighted by Crippen LogP contribution is -2.42. The van der Waals surface area contributed by atoms with Crippen LogP contribution in [0.1, 0.15) is 0 Å². The first-order valence-electron chi connectivity index (χ1n) is 10.1. The van der Waals surface area contributed by atoms with Crippen molar-refractivity contribution >= 4 is 26.7 Å². The van der Waals surface area contributed by atoms with E-state index in [1.807, 2.05) is 18.2 Å². The van der Waals surface area contributed by atoms with Crippen LogP contribution in [0, 0.1) is 0 Å². The molecule has 3 aromatic rings. The second-order valence-electron chi connectivity index (χ2n) is 7.36. The molecule has 31 heavy (non-hydrogen) atoms. The smallest absolute Gasteiger partial charge is 0.154 e. The maximum absolute atomic E-state index is 11.2. The third-order valence-corrected chi connectivity index (χ3v) is 5.74. The fourth-order valence-corrected chi connectivity index (χ4v) is 3.62. The van der Waals surface area contributed by atoms with Crippen molar-refractivity contribution in [2.45, 2.75) is 6.10 Å². The van der Waals surface area contributed by atoms with Gasteiger partial charge < -0.3 is 20.1 Å². The average Bonchev–Trinajstić information content (AvgIpc) is 2.77. The Morgan fingerprint density at radius 2 is 2.03 bits per heavy atom. The monoisotopic (exact) mass is 443 g/mol. The van der Waals surface area contributed by atoms with Crippen molar-refractivity contribution < 1.29 is 17.9 Å². The molecule has 1 unspecified atom stereocenters. The van der Waals surface area contributed by atoms with Gasteiger partial charge in [0.2, 0.25) is 0 Å². The van der Waals surface area contributed by atoms with Gasteiger partial charge in [-0.25, -0.2) is 18.4 Å². The molecule has 4 rings (SSSR count). The summed E-state index contributed by atoms with van der Waals surface area (Å²) in [5.74, 6) is 1.24. The van der Waals surface area contributed by atoms with Crippen LogP contribution in [0.2, 0.25) is 0 Å². The zero-order chi connectivity index (χ0) is 21.7. The molecule has 1 saturated heterocycles. The van der Waals surface area contributed by atoms with Gasteiger partial charge in [-0.3, -0.25) is 4.98 Å². The van der Waals surface area contributed by atoms with Crippen molar-refractivity contribution in [3.8, 4) is 17.0 Å². The van der Waals surface area contributed by atoms with Crippen molar-refractivity contribution in [2.75, 3.05) is 50.2 Å². The number of morpholine rings is 1. The van der Waals surface area contributed by atoms with E-state index in [2.05, 4.69) is 20.6 Å². The highest BCUT2D eigenvalue weighted by molar-refractivity contribution is 7.90. The predicted molar refractivity (Wildman–Crippen MR) is 119 cm³/mol. The zero-order valence-corrected chi connectivity index (χ0v) is 18.1. The first-order chi connectivity index (χ1) is 15.0. The number of hydrogen-bond donors (Lipinski definition) is 2. The molecule has 2 aromatic heterocycles. The number of benzene rings is 1. The minimum absolute atomic E-state index is 0.0189. The fourth-order valence-electron chi connectivity index (χ4n) is 3.24. The maximum Gasteiger partial charge on any atom is 0.154 e. The van der Waals surface area contributed by atoms with Crippen LogP contribution >= 0.6 is 0 Å². The normalized spacial score (nSPS) is 16.9. The lowest BCUT2D eigenvalue weighted by molar-refractivity contribution is 0.0372. The Bertz CT molecular complexity index is 1130. The van der Waals surface area contributed by atoms with Gasteiger partial charge in [-0.2, -0.15) is 0 Å². The van der Waals surface area contributed by atoms with Crippen LogP contribution in [0.4, 0.5) is 5.82 Å². The van der Waals surface area contributed by atoms with Gasteiger partial charge in [-0.05, 0) is 30.3 Å². The molecule has 0 saturated carbocycles. The minimum Gasteiger partial charge on any atom is -0.493 e. The Morgan fingerprint density at radius 3 is 2.77 bits per heavy atom. The Balaban J connectivity index is 1.53. The van der Waals surface area contributed by atoms with Crippen molar-refractivity contribution in [1.29, 1.82) is 0 Å². The molecule has 0 amide bonds. The first kappa shape index (κ1) is 21.4. The number of aromatic nitrogens is 3. The molecular formula is C21H25N5O4S. The van der Waals surface area contributed by atoms with E-state index >= 15 is 0 Å². The highest BCUT2D eigenvalue weighted by Gasteiger charge is 2.15. The van der Waals surface area contributed by atoms with E-state index in [0.717, 1.165) is 29.9 Å². The molecule has 2 N–H and O–H groups in total. The molecule has 0 radical (unpaired) electrons. The van der Waals surface area contributed by atoms with Crippen LogP contribution in [0.25, 0.3) is 22.3 Å². The van der Waals surface area contributed by atoms with Crippen molar-refractivity contribution in [3.63, 3.8) is 0 Å². The molecule has 1 aliphatic heterocycles. The molecule has 0 aliphatic carbocycles. The zero-order valence-electron chi connectivity index (χ0n) is 17.2. The summed E-state index contributed by atoms with van der Waals surface area (Å²) >= 11 is 0. The Labute approximate surface area is 181 Å². The highest BCUT2D eigenvalue weighted by Crippen LogP contribution is 2.27. The van der Waals surface area contributed by atoms with Gasteiger partial charge in [0.1, 0.15) is 17.9 Å². The SMILES string of the molecule is CS(=O)(=O)CCOc1ccc(-c2cc3nccnc3c(NCC3CNCCO3)n2)cc1. The van der Waals surface area contributed by atoms with Gasteiger partial charge in [-0.1, -0.05) is 0 Å². The van der Waals surface area contributed by atoms with Gasteiger partial charge in [0, 0.05) is 43.8 Å². The molecule has 0 bridgehead atoms. The lowest BCUT2D eigenvalue weighted by atomic mass is 10.1.